The zero-order valence-electron chi connectivity index (χ0n) is 15.6. The summed E-state index contributed by atoms with van der Waals surface area (Å²) in [6.07, 6.45) is 1.02. The number of amides is 1. The van der Waals surface area contributed by atoms with Gasteiger partial charge < -0.3 is 15.0 Å². The van der Waals surface area contributed by atoms with Crippen molar-refractivity contribution >= 4 is 11.9 Å². The van der Waals surface area contributed by atoms with Gasteiger partial charge in [0, 0.05) is 6.54 Å². The third-order valence-corrected chi connectivity index (χ3v) is 3.87. The van der Waals surface area contributed by atoms with Gasteiger partial charge in [0.1, 0.15) is 6.04 Å². The van der Waals surface area contributed by atoms with Crippen LogP contribution in [0.3, 0.4) is 0 Å². The average Bonchev–Trinajstić information content (AvgIpc) is 2.52. The molecule has 1 rings (SSSR count). The van der Waals surface area contributed by atoms with Crippen molar-refractivity contribution in [1.29, 1.82) is 0 Å². The van der Waals surface area contributed by atoms with Crippen molar-refractivity contribution in [1.82, 2.24) is 10.2 Å². The Morgan fingerprint density at radius 2 is 1.71 bits per heavy atom. The molecule has 0 aliphatic rings. The van der Waals surface area contributed by atoms with Crippen LogP contribution in [0.2, 0.25) is 0 Å². The molecule has 0 radical (unpaired) electrons. The number of hydrogen-bond donors (Lipinski definition) is 1. The van der Waals surface area contributed by atoms with E-state index in [1.165, 1.54) is 12.7 Å². The molecule has 0 spiro atoms. The number of benzene rings is 1. The number of methoxy groups -OCH3 is 1. The fraction of sp³-hybridized carbons (Fsp3) is 0.579. The van der Waals surface area contributed by atoms with E-state index in [0.717, 1.165) is 12.0 Å². The minimum atomic E-state index is -0.667. The Bertz CT molecular complexity index is 538. The molecule has 1 aromatic carbocycles. The maximum absolute atomic E-state index is 12.5. The second kappa shape index (κ2) is 9.42. The Kier molecular flexibility index (Phi) is 7.92. The molecule has 0 saturated heterocycles. The fourth-order valence-electron chi connectivity index (χ4n) is 2.55. The Labute approximate surface area is 145 Å². The molecule has 1 N–H and O–H groups in total. The van der Waals surface area contributed by atoms with Crippen LogP contribution in [-0.4, -0.2) is 50.6 Å². The molecular formula is C19H30N2O3. The monoisotopic (exact) mass is 334 g/mol. The zero-order chi connectivity index (χ0) is 18.3. The number of ether oxygens (including phenoxy) is 1. The van der Waals surface area contributed by atoms with Crippen LogP contribution in [0.1, 0.15) is 37.8 Å². The van der Waals surface area contributed by atoms with Crippen molar-refractivity contribution in [2.75, 3.05) is 27.7 Å². The van der Waals surface area contributed by atoms with E-state index in [9.17, 15) is 9.59 Å². The van der Waals surface area contributed by atoms with E-state index in [-0.39, 0.29) is 11.8 Å². The van der Waals surface area contributed by atoms with Crippen LogP contribution in [0.4, 0.5) is 0 Å². The molecule has 0 unspecified atom stereocenters. The lowest BCUT2D eigenvalue weighted by atomic mass is 9.96. The molecule has 0 heterocycles. The minimum absolute atomic E-state index is 0.177. The summed E-state index contributed by atoms with van der Waals surface area (Å²) in [5.74, 6) is -0.337. The van der Waals surface area contributed by atoms with E-state index >= 15 is 0 Å². The third-order valence-electron chi connectivity index (χ3n) is 3.87. The second-order valence-electron chi connectivity index (χ2n) is 6.91. The first-order valence-corrected chi connectivity index (χ1v) is 8.36. The number of esters is 1. The Hall–Kier alpha value is -1.88. The highest BCUT2D eigenvalue weighted by Gasteiger charge is 2.25. The van der Waals surface area contributed by atoms with Crippen LogP contribution < -0.4 is 5.32 Å². The van der Waals surface area contributed by atoms with E-state index in [0.29, 0.717) is 12.5 Å². The summed E-state index contributed by atoms with van der Waals surface area (Å²) in [5.41, 5.74) is 2.20. The van der Waals surface area contributed by atoms with Crippen LogP contribution in [0.5, 0.6) is 0 Å². The van der Waals surface area contributed by atoms with Crippen molar-refractivity contribution in [3.05, 3.63) is 35.4 Å². The quantitative estimate of drug-likeness (QED) is 0.741. The van der Waals surface area contributed by atoms with Gasteiger partial charge in [0.25, 0.3) is 0 Å². The third kappa shape index (κ3) is 6.32. The van der Waals surface area contributed by atoms with E-state index in [1.54, 1.807) is 0 Å². The molecule has 0 fully saturated rings. The minimum Gasteiger partial charge on any atom is -0.467 e. The smallest absolute Gasteiger partial charge is 0.329 e. The first kappa shape index (κ1) is 20.2. The van der Waals surface area contributed by atoms with Gasteiger partial charge in [-0.25, -0.2) is 4.79 Å². The van der Waals surface area contributed by atoms with Crippen molar-refractivity contribution in [3.63, 3.8) is 0 Å². The first-order chi connectivity index (χ1) is 11.2. The maximum Gasteiger partial charge on any atom is 0.329 e. The predicted molar refractivity (Wildman–Crippen MR) is 95.9 cm³/mol. The van der Waals surface area contributed by atoms with Gasteiger partial charge in [-0.2, -0.15) is 0 Å². The lowest BCUT2D eigenvalue weighted by molar-refractivity contribution is -0.145. The van der Waals surface area contributed by atoms with Crippen LogP contribution >= 0.6 is 0 Å². The zero-order valence-corrected chi connectivity index (χ0v) is 15.6. The van der Waals surface area contributed by atoms with Crippen molar-refractivity contribution in [2.24, 2.45) is 5.92 Å². The number of nitrogens with zero attached hydrogens (tertiary/aromatic N) is 1. The first-order valence-electron chi connectivity index (χ1n) is 8.36. The summed E-state index contributed by atoms with van der Waals surface area (Å²) in [6, 6.07) is 7.44. The molecule has 5 heteroatoms. The molecule has 2 atom stereocenters. The van der Waals surface area contributed by atoms with Gasteiger partial charge in [0.05, 0.1) is 13.0 Å². The fourth-order valence-corrected chi connectivity index (χ4v) is 2.55. The van der Waals surface area contributed by atoms with Gasteiger partial charge in [-0.15, -0.1) is 0 Å². The molecule has 0 saturated carbocycles. The van der Waals surface area contributed by atoms with Crippen LogP contribution in [0, 0.1) is 5.92 Å². The van der Waals surface area contributed by atoms with Crippen LogP contribution in [0.15, 0.2) is 24.3 Å². The summed E-state index contributed by atoms with van der Waals surface area (Å²) in [6.45, 7) is 6.61. The molecule has 0 bridgehead atoms. The Morgan fingerprint density at radius 3 is 2.17 bits per heavy atom. The number of nitrogens with one attached hydrogen (secondary N) is 1. The molecule has 24 heavy (non-hydrogen) atoms. The maximum atomic E-state index is 12.5. The number of rotatable bonds is 8. The van der Waals surface area contributed by atoms with Gasteiger partial charge in [0.15, 0.2) is 0 Å². The van der Waals surface area contributed by atoms with Crippen molar-refractivity contribution in [2.45, 2.75) is 39.2 Å². The van der Waals surface area contributed by atoms with Crippen LogP contribution in [0.25, 0.3) is 0 Å². The molecule has 5 nitrogen and oxygen atoms in total. The highest BCUT2D eigenvalue weighted by Crippen LogP contribution is 2.18. The number of carbonyl (C=O) groups excluding carboxylic acids is 2. The number of carbonyl (C=O) groups is 2. The highest BCUT2D eigenvalue weighted by atomic mass is 16.5. The summed E-state index contributed by atoms with van der Waals surface area (Å²) < 4.78 is 4.77. The van der Waals surface area contributed by atoms with Gasteiger partial charge in [-0.05, 0) is 44.5 Å². The van der Waals surface area contributed by atoms with E-state index < -0.39 is 12.0 Å². The second-order valence-corrected chi connectivity index (χ2v) is 6.91. The van der Waals surface area contributed by atoms with Crippen molar-refractivity contribution < 1.29 is 14.3 Å². The van der Waals surface area contributed by atoms with Crippen molar-refractivity contribution in [3.8, 4) is 0 Å². The van der Waals surface area contributed by atoms with E-state index in [4.69, 9.17) is 4.74 Å². The Balaban J connectivity index is 2.76. The summed E-state index contributed by atoms with van der Waals surface area (Å²) in [7, 11) is 5.02. The molecule has 1 amide bonds. The molecule has 0 aromatic heterocycles. The van der Waals surface area contributed by atoms with E-state index in [2.05, 4.69) is 31.3 Å². The molecule has 0 aliphatic carbocycles. The average molecular weight is 334 g/mol. The lowest BCUT2D eigenvalue weighted by Gasteiger charge is -2.22. The Morgan fingerprint density at radius 1 is 1.12 bits per heavy atom. The number of hydrogen-bond acceptors (Lipinski definition) is 4. The van der Waals surface area contributed by atoms with Crippen LogP contribution in [-0.2, 0) is 20.7 Å². The largest absolute Gasteiger partial charge is 0.467 e. The van der Waals surface area contributed by atoms with Gasteiger partial charge in [-0.3, -0.25) is 4.79 Å². The molecular weight excluding hydrogens is 304 g/mol. The number of likely N-dealkylation sites (N-methyl/N-ethyl adjacent to an activating group) is 1. The summed E-state index contributed by atoms with van der Waals surface area (Å²) >= 11 is 0. The normalized spacial score (nSPS) is 13.7. The van der Waals surface area contributed by atoms with E-state index in [1.807, 2.05) is 38.1 Å². The predicted octanol–water partition coefficient (Wildman–Crippen LogP) is 2.21. The molecule has 0 aliphatic heterocycles. The van der Waals surface area contributed by atoms with Gasteiger partial charge in [0.2, 0.25) is 5.91 Å². The van der Waals surface area contributed by atoms with Gasteiger partial charge in [-0.1, -0.05) is 38.1 Å². The standard InChI is InChI=1S/C19H30N2O3/c1-13(2)11-15-7-9-16(10-8-15)14(3)18(22)20-17(12-21(4)5)19(23)24-6/h7-10,13-14,17H,11-12H2,1-6H3,(H,20,22)/t14-,17+/m1/s1. The molecule has 1 aromatic rings. The SMILES string of the molecule is COC(=O)[C@H](CN(C)C)NC(=O)[C@H](C)c1ccc(CC(C)C)cc1. The van der Waals surface area contributed by atoms with Gasteiger partial charge >= 0.3 is 5.97 Å². The highest BCUT2D eigenvalue weighted by molar-refractivity contribution is 5.88. The topological polar surface area (TPSA) is 58.6 Å². The summed E-state index contributed by atoms with van der Waals surface area (Å²) in [4.78, 5) is 26.1. The summed E-state index contributed by atoms with van der Waals surface area (Å²) in [5, 5.41) is 2.79. The molecule has 134 valence electrons. The lowest BCUT2D eigenvalue weighted by Crippen LogP contribution is -2.48.